The predicted molar refractivity (Wildman–Crippen MR) is 131 cm³/mol. The van der Waals surface area contributed by atoms with Gasteiger partial charge in [-0.05, 0) is 35.0 Å². The van der Waals surface area contributed by atoms with Crippen molar-refractivity contribution in [3.63, 3.8) is 0 Å². The van der Waals surface area contributed by atoms with E-state index in [0.717, 1.165) is 41.9 Å². The summed E-state index contributed by atoms with van der Waals surface area (Å²) in [6.07, 6.45) is 6.18. The molecule has 1 aliphatic heterocycles. The van der Waals surface area contributed by atoms with Crippen LogP contribution in [-0.4, -0.2) is 79.3 Å². The molecule has 37 heavy (non-hydrogen) atoms. The van der Waals surface area contributed by atoms with Crippen LogP contribution in [0.25, 0.3) is 28.2 Å². The van der Waals surface area contributed by atoms with Crippen LogP contribution in [0.2, 0.25) is 0 Å². The second kappa shape index (κ2) is 11.0. The molecule has 194 valence electrons. The van der Waals surface area contributed by atoms with Crippen molar-refractivity contribution in [1.82, 2.24) is 39.9 Å². The Balaban J connectivity index is 1.39. The Morgan fingerprint density at radius 1 is 1.08 bits per heavy atom. The summed E-state index contributed by atoms with van der Waals surface area (Å²) in [7, 11) is 0. The third kappa shape index (κ3) is 5.27. The molecule has 0 amide bonds. The maximum absolute atomic E-state index is 15.2. The van der Waals surface area contributed by atoms with E-state index in [1.54, 1.807) is 18.5 Å². The summed E-state index contributed by atoms with van der Waals surface area (Å²) in [5, 5.41) is 15.9. The van der Waals surface area contributed by atoms with Crippen LogP contribution in [0, 0.1) is 11.6 Å². The first-order valence-corrected chi connectivity index (χ1v) is 12.0. The van der Waals surface area contributed by atoms with Gasteiger partial charge < -0.3 is 15.2 Å². The lowest BCUT2D eigenvalue weighted by atomic mass is 10.1. The van der Waals surface area contributed by atoms with Gasteiger partial charge in [-0.25, -0.2) is 9.37 Å². The van der Waals surface area contributed by atoms with Gasteiger partial charge in [0, 0.05) is 49.7 Å². The Kier molecular flexibility index (Phi) is 7.32. The van der Waals surface area contributed by atoms with Gasteiger partial charge in [-0.1, -0.05) is 6.92 Å². The number of nitrogen functional groups attached to an aromatic ring is 1. The fourth-order valence-corrected chi connectivity index (χ4v) is 4.10. The smallest absolute Gasteiger partial charge is 0.202 e. The third-order valence-electron chi connectivity index (χ3n) is 6.07. The number of anilines is 1. The molecule has 13 heteroatoms. The molecule has 0 bridgehead atoms. The maximum Gasteiger partial charge on any atom is 0.202 e. The molecule has 3 aromatic heterocycles. The van der Waals surface area contributed by atoms with Crippen molar-refractivity contribution in [2.75, 3.05) is 45.2 Å². The van der Waals surface area contributed by atoms with Gasteiger partial charge in [0.05, 0.1) is 25.0 Å². The Morgan fingerprint density at radius 2 is 1.92 bits per heavy atom. The number of aromatic nitrogens is 7. The fraction of sp³-hybridized carbons (Fsp3) is 0.375. The highest BCUT2D eigenvalue weighted by molar-refractivity contribution is 5.76. The summed E-state index contributed by atoms with van der Waals surface area (Å²) in [6.45, 7) is 6.51. The summed E-state index contributed by atoms with van der Waals surface area (Å²) in [6, 6.07) is 4.47. The van der Waals surface area contributed by atoms with Crippen molar-refractivity contribution in [1.29, 1.82) is 0 Å². The molecule has 1 aromatic carbocycles. The molecule has 5 rings (SSSR count). The Morgan fingerprint density at radius 3 is 2.73 bits per heavy atom. The third-order valence-corrected chi connectivity index (χ3v) is 6.07. The van der Waals surface area contributed by atoms with Crippen LogP contribution in [0.1, 0.15) is 13.3 Å². The fourth-order valence-electron chi connectivity index (χ4n) is 4.10. The van der Waals surface area contributed by atoms with E-state index in [2.05, 4.69) is 37.4 Å². The number of tetrazole rings is 1. The number of rotatable bonds is 9. The van der Waals surface area contributed by atoms with Gasteiger partial charge in [0.15, 0.2) is 17.4 Å². The lowest BCUT2D eigenvalue weighted by Gasteiger charge is -2.26. The topological polar surface area (TPSA) is 122 Å². The molecule has 1 aliphatic rings. The van der Waals surface area contributed by atoms with E-state index in [0.29, 0.717) is 25.3 Å². The summed E-state index contributed by atoms with van der Waals surface area (Å²) in [5.74, 6) is -2.18. The number of halogens is 2. The molecule has 4 aromatic rings. The SMILES string of the molecule is CCCn1cc(-c2cnc(N)c(-c3nnnn3-c3ccc(OCCN4CCOCC4)c(F)c3F)c2)cn1. The first-order chi connectivity index (χ1) is 18.0. The molecule has 11 nitrogen and oxygen atoms in total. The zero-order chi connectivity index (χ0) is 25.8. The molecule has 0 aliphatic carbocycles. The van der Waals surface area contributed by atoms with Crippen molar-refractivity contribution < 1.29 is 18.3 Å². The first-order valence-electron chi connectivity index (χ1n) is 12.0. The van der Waals surface area contributed by atoms with Crippen LogP contribution in [0.15, 0.2) is 36.8 Å². The van der Waals surface area contributed by atoms with Crippen LogP contribution in [0.3, 0.4) is 0 Å². The molecular formula is C24H27F2N9O2. The zero-order valence-electron chi connectivity index (χ0n) is 20.3. The van der Waals surface area contributed by atoms with E-state index in [-0.39, 0.29) is 29.7 Å². The number of hydrogen-bond donors (Lipinski definition) is 1. The second-order valence-electron chi connectivity index (χ2n) is 8.58. The Bertz CT molecular complexity index is 1370. The van der Waals surface area contributed by atoms with Gasteiger partial charge in [-0.3, -0.25) is 9.58 Å². The average Bonchev–Trinajstić information content (AvgIpc) is 3.58. The number of ether oxygens (including phenoxy) is 2. The Labute approximate surface area is 211 Å². The van der Waals surface area contributed by atoms with Gasteiger partial charge in [0.25, 0.3) is 0 Å². The highest BCUT2D eigenvalue weighted by atomic mass is 19.2. The van der Waals surface area contributed by atoms with Gasteiger partial charge in [0.2, 0.25) is 5.82 Å². The largest absolute Gasteiger partial charge is 0.489 e. The minimum Gasteiger partial charge on any atom is -0.489 e. The highest BCUT2D eigenvalue weighted by Crippen LogP contribution is 2.31. The van der Waals surface area contributed by atoms with Crippen LogP contribution in [0.4, 0.5) is 14.6 Å². The van der Waals surface area contributed by atoms with Crippen LogP contribution in [-0.2, 0) is 11.3 Å². The van der Waals surface area contributed by atoms with E-state index in [1.165, 1.54) is 12.1 Å². The molecule has 2 N–H and O–H groups in total. The van der Waals surface area contributed by atoms with Crippen LogP contribution < -0.4 is 10.5 Å². The number of benzene rings is 1. The number of morpholine rings is 1. The van der Waals surface area contributed by atoms with Gasteiger partial charge in [0.1, 0.15) is 18.1 Å². The molecule has 0 spiro atoms. The number of pyridine rings is 1. The summed E-state index contributed by atoms with van der Waals surface area (Å²) in [4.78, 5) is 6.40. The molecule has 1 fully saturated rings. The number of aryl methyl sites for hydroxylation is 1. The Hall–Kier alpha value is -3.97. The van der Waals surface area contributed by atoms with E-state index in [4.69, 9.17) is 15.2 Å². The molecule has 0 unspecified atom stereocenters. The summed E-state index contributed by atoms with van der Waals surface area (Å²) >= 11 is 0. The summed E-state index contributed by atoms with van der Waals surface area (Å²) < 4.78 is 43.8. The number of nitrogens with zero attached hydrogens (tertiary/aromatic N) is 8. The molecule has 0 saturated carbocycles. The standard InChI is InChI=1S/C24H27F2N9O2/c1-2-5-34-15-17(14-29-34)16-12-18(23(27)28-13-16)24-30-31-32-35(24)19-3-4-20(22(26)21(19)25)37-11-8-33-6-9-36-10-7-33/h3-4,12-15H,2,5-11H2,1H3,(H2,27,28). The van der Waals surface area contributed by atoms with Crippen molar-refractivity contribution >= 4 is 5.82 Å². The number of nitrogens with two attached hydrogens (primary N) is 1. The predicted octanol–water partition coefficient (Wildman–Crippen LogP) is 2.57. The highest BCUT2D eigenvalue weighted by Gasteiger charge is 2.22. The maximum atomic E-state index is 15.2. The molecule has 0 radical (unpaired) electrons. The minimum absolute atomic E-state index is 0.118. The minimum atomic E-state index is -1.14. The average molecular weight is 512 g/mol. The van der Waals surface area contributed by atoms with Crippen molar-refractivity contribution in [2.45, 2.75) is 19.9 Å². The molecule has 1 saturated heterocycles. The van der Waals surface area contributed by atoms with E-state index < -0.39 is 11.6 Å². The van der Waals surface area contributed by atoms with Crippen molar-refractivity contribution in [3.8, 4) is 34.0 Å². The number of hydrogen-bond acceptors (Lipinski definition) is 9. The van der Waals surface area contributed by atoms with Gasteiger partial charge in [-0.2, -0.15) is 14.2 Å². The molecular weight excluding hydrogens is 484 g/mol. The van der Waals surface area contributed by atoms with E-state index in [9.17, 15) is 4.39 Å². The zero-order valence-corrected chi connectivity index (χ0v) is 20.3. The van der Waals surface area contributed by atoms with Crippen molar-refractivity contribution in [2.24, 2.45) is 0 Å². The van der Waals surface area contributed by atoms with Crippen LogP contribution >= 0.6 is 0 Å². The normalized spacial score (nSPS) is 14.2. The monoisotopic (exact) mass is 511 g/mol. The van der Waals surface area contributed by atoms with E-state index >= 15 is 4.39 Å². The quantitative estimate of drug-likeness (QED) is 0.361. The lowest BCUT2D eigenvalue weighted by Crippen LogP contribution is -2.38. The van der Waals surface area contributed by atoms with Gasteiger partial charge >= 0.3 is 0 Å². The lowest BCUT2D eigenvalue weighted by molar-refractivity contribution is 0.0320. The van der Waals surface area contributed by atoms with Crippen LogP contribution in [0.5, 0.6) is 5.75 Å². The molecule has 4 heterocycles. The van der Waals surface area contributed by atoms with E-state index in [1.807, 2.05) is 10.9 Å². The second-order valence-corrected chi connectivity index (χ2v) is 8.58. The van der Waals surface area contributed by atoms with Crippen molar-refractivity contribution in [3.05, 3.63) is 48.4 Å². The molecule has 0 atom stereocenters. The first kappa shape index (κ1) is 24.7. The summed E-state index contributed by atoms with van der Waals surface area (Å²) in [5.41, 5.74) is 7.88. The van der Waals surface area contributed by atoms with Gasteiger partial charge in [-0.15, -0.1) is 5.10 Å².